The molecule has 0 aromatic heterocycles. The molecule has 2 aromatic carbocycles. The van der Waals surface area contributed by atoms with E-state index in [0.717, 1.165) is 44.8 Å². The highest BCUT2D eigenvalue weighted by Crippen LogP contribution is 2.22. The molecule has 1 aliphatic heterocycles. The smallest absolute Gasteiger partial charge is 0.238 e. The largest absolute Gasteiger partial charge is 0.495 e. The van der Waals surface area contributed by atoms with E-state index in [0.29, 0.717) is 12.3 Å². The number of hydrogen-bond donors (Lipinski definition) is 1. The molecule has 26 heavy (non-hydrogen) atoms. The Hall–Kier alpha value is -2.37. The van der Waals surface area contributed by atoms with Crippen LogP contribution in [0.15, 0.2) is 54.6 Å². The monoisotopic (exact) mass is 353 g/mol. The normalized spacial score (nSPS) is 16.0. The van der Waals surface area contributed by atoms with Crippen molar-refractivity contribution in [2.75, 3.05) is 45.2 Å². The summed E-state index contributed by atoms with van der Waals surface area (Å²) in [5.41, 5.74) is 2.07. The molecule has 1 N–H and O–H groups in total. The van der Waals surface area contributed by atoms with E-state index in [4.69, 9.17) is 4.74 Å². The molecular formula is C21H27N3O2. The van der Waals surface area contributed by atoms with Crippen molar-refractivity contribution in [2.45, 2.75) is 13.0 Å². The summed E-state index contributed by atoms with van der Waals surface area (Å²) in [5.74, 6) is 0.691. The van der Waals surface area contributed by atoms with Gasteiger partial charge in [0, 0.05) is 19.6 Å². The SMILES string of the molecule is COc1ccccc1NC(=O)CN1CCCN(Cc2ccccc2)CC1. The van der Waals surface area contributed by atoms with Crippen LogP contribution in [0.4, 0.5) is 5.69 Å². The third kappa shape index (κ3) is 5.31. The number of nitrogens with one attached hydrogen (secondary N) is 1. The number of anilines is 1. The minimum Gasteiger partial charge on any atom is -0.495 e. The quantitative estimate of drug-likeness (QED) is 0.867. The van der Waals surface area contributed by atoms with Gasteiger partial charge in [-0.15, -0.1) is 0 Å². The Kier molecular flexibility index (Phi) is 6.63. The molecule has 0 aliphatic carbocycles. The molecule has 138 valence electrons. The lowest BCUT2D eigenvalue weighted by atomic mass is 10.2. The molecule has 0 saturated carbocycles. The molecule has 0 atom stereocenters. The first-order chi connectivity index (χ1) is 12.7. The number of ether oxygens (including phenoxy) is 1. The van der Waals surface area contributed by atoms with Crippen LogP contribution < -0.4 is 10.1 Å². The second-order valence-electron chi connectivity index (χ2n) is 6.64. The molecule has 0 spiro atoms. The number of rotatable bonds is 6. The van der Waals surface area contributed by atoms with Crippen molar-refractivity contribution in [3.8, 4) is 5.75 Å². The molecule has 0 radical (unpaired) electrons. The van der Waals surface area contributed by atoms with E-state index in [-0.39, 0.29) is 5.91 Å². The van der Waals surface area contributed by atoms with Crippen molar-refractivity contribution in [1.29, 1.82) is 0 Å². The van der Waals surface area contributed by atoms with E-state index >= 15 is 0 Å². The second kappa shape index (κ2) is 9.36. The Morgan fingerprint density at radius 1 is 0.962 bits per heavy atom. The lowest BCUT2D eigenvalue weighted by Gasteiger charge is -2.21. The van der Waals surface area contributed by atoms with Crippen LogP contribution in [0.3, 0.4) is 0 Å². The predicted molar refractivity (Wildman–Crippen MR) is 104 cm³/mol. The minimum atomic E-state index is 0.00556. The van der Waals surface area contributed by atoms with E-state index < -0.39 is 0 Å². The Morgan fingerprint density at radius 2 is 1.65 bits per heavy atom. The molecule has 5 nitrogen and oxygen atoms in total. The van der Waals surface area contributed by atoms with Crippen molar-refractivity contribution in [3.63, 3.8) is 0 Å². The van der Waals surface area contributed by atoms with Crippen LogP contribution in [0.2, 0.25) is 0 Å². The molecule has 1 aliphatic rings. The Morgan fingerprint density at radius 3 is 2.46 bits per heavy atom. The summed E-state index contributed by atoms with van der Waals surface area (Å²) in [5, 5.41) is 2.96. The second-order valence-corrected chi connectivity index (χ2v) is 6.64. The molecule has 1 heterocycles. The number of hydrogen-bond acceptors (Lipinski definition) is 4. The van der Waals surface area contributed by atoms with Crippen molar-refractivity contribution in [2.24, 2.45) is 0 Å². The van der Waals surface area contributed by atoms with Crippen LogP contribution in [0.25, 0.3) is 0 Å². The number of methoxy groups -OCH3 is 1. The number of carbonyl (C=O) groups is 1. The zero-order chi connectivity index (χ0) is 18.2. The van der Waals surface area contributed by atoms with Crippen LogP contribution in [0.1, 0.15) is 12.0 Å². The summed E-state index contributed by atoms with van der Waals surface area (Å²) < 4.78 is 5.29. The number of carbonyl (C=O) groups excluding carboxylic acids is 1. The predicted octanol–water partition coefficient (Wildman–Crippen LogP) is 2.84. The van der Waals surface area contributed by atoms with Gasteiger partial charge in [-0.2, -0.15) is 0 Å². The number of para-hydroxylation sites is 2. The molecule has 3 rings (SSSR count). The molecule has 5 heteroatoms. The summed E-state index contributed by atoms with van der Waals surface area (Å²) in [7, 11) is 1.61. The lowest BCUT2D eigenvalue weighted by molar-refractivity contribution is -0.117. The van der Waals surface area contributed by atoms with Gasteiger partial charge in [0.05, 0.1) is 19.3 Å². The van der Waals surface area contributed by atoms with Crippen molar-refractivity contribution in [1.82, 2.24) is 9.80 Å². The highest BCUT2D eigenvalue weighted by Gasteiger charge is 2.17. The van der Waals surface area contributed by atoms with Gasteiger partial charge in [0.1, 0.15) is 5.75 Å². The van der Waals surface area contributed by atoms with Gasteiger partial charge in [-0.1, -0.05) is 42.5 Å². The van der Waals surface area contributed by atoms with Gasteiger partial charge in [-0.25, -0.2) is 0 Å². The molecule has 1 amide bonds. The average Bonchev–Trinajstić information content (AvgIpc) is 2.88. The summed E-state index contributed by atoms with van der Waals surface area (Å²) in [4.78, 5) is 17.1. The molecule has 1 saturated heterocycles. The van der Waals surface area contributed by atoms with Gasteiger partial charge >= 0.3 is 0 Å². The number of amides is 1. The van der Waals surface area contributed by atoms with Gasteiger partial charge < -0.3 is 10.1 Å². The first-order valence-corrected chi connectivity index (χ1v) is 9.16. The number of benzene rings is 2. The average molecular weight is 353 g/mol. The summed E-state index contributed by atoms with van der Waals surface area (Å²) in [6, 6.07) is 18.1. The maximum Gasteiger partial charge on any atom is 0.238 e. The molecule has 0 unspecified atom stereocenters. The van der Waals surface area contributed by atoms with Gasteiger partial charge in [0.2, 0.25) is 5.91 Å². The van der Waals surface area contributed by atoms with Crippen LogP contribution in [0, 0.1) is 0 Å². The molecular weight excluding hydrogens is 326 g/mol. The minimum absolute atomic E-state index is 0.00556. The fourth-order valence-electron chi connectivity index (χ4n) is 3.32. The van der Waals surface area contributed by atoms with Crippen LogP contribution in [0.5, 0.6) is 5.75 Å². The van der Waals surface area contributed by atoms with Crippen LogP contribution in [-0.2, 0) is 11.3 Å². The molecule has 0 bridgehead atoms. The first-order valence-electron chi connectivity index (χ1n) is 9.16. The highest BCUT2D eigenvalue weighted by molar-refractivity contribution is 5.93. The standard InChI is InChI=1S/C21H27N3O2/c1-26-20-11-6-5-10-19(20)22-21(25)17-24-13-7-12-23(14-15-24)16-18-8-3-2-4-9-18/h2-6,8-11H,7,12-17H2,1H3,(H,22,25). The van der Waals surface area contributed by atoms with Crippen LogP contribution in [-0.4, -0.2) is 55.5 Å². The van der Waals surface area contributed by atoms with E-state index in [2.05, 4.69) is 39.4 Å². The molecule has 1 fully saturated rings. The third-order valence-electron chi connectivity index (χ3n) is 4.68. The fourth-order valence-corrected chi connectivity index (χ4v) is 3.32. The maximum atomic E-state index is 12.4. The van der Waals surface area contributed by atoms with Gasteiger partial charge in [0.25, 0.3) is 0 Å². The van der Waals surface area contributed by atoms with E-state index in [1.165, 1.54) is 5.56 Å². The van der Waals surface area contributed by atoms with E-state index in [9.17, 15) is 4.79 Å². The van der Waals surface area contributed by atoms with E-state index in [1.807, 2.05) is 30.3 Å². The summed E-state index contributed by atoms with van der Waals surface area (Å²) in [6.07, 6.45) is 1.08. The Labute approximate surface area is 155 Å². The number of nitrogens with zero attached hydrogens (tertiary/aromatic N) is 2. The van der Waals surface area contributed by atoms with Crippen molar-refractivity contribution >= 4 is 11.6 Å². The zero-order valence-corrected chi connectivity index (χ0v) is 15.4. The Bertz CT molecular complexity index is 705. The van der Waals surface area contributed by atoms with Gasteiger partial charge in [-0.05, 0) is 37.2 Å². The summed E-state index contributed by atoms with van der Waals surface area (Å²) in [6.45, 7) is 5.30. The van der Waals surface area contributed by atoms with Gasteiger partial charge in [-0.3, -0.25) is 14.6 Å². The maximum absolute atomic E-state index is 12.4. The topological polar surface area (TPSA) is 44.8 Å². The third-order valence-corrected chi connectivity index (χ3v) is 4.68. The Balaban J connectivity index is 1.49. The van der Waals surface area contributed by atoms with Crippen LogP contribution >= 0.6 is 0 Å². The van der Waals surface area contributed by atoms with Crippen molar-refractivity contribution < 1.29 is 9.53 Å². The first kappa shape index (κ1) is 18.4. The summed E-state index contributed by atoms with van der Waals surface area (Å²) >= 11 is 0. The molecule has 2 aromatic rings. The highest BCUT2D eigenvalue weighted by atomic mass is 16.5. The van der Waals surface area contributed by atoms with Gasteiger partial charge in [0.15, 0.2) is 0 Å². The lowest BCUT2D eigenvalue weighted by Crippen LogP contribution is -2.36. The van der Waals surface area contributed by atoms with E-state index in [1.54, 1.807) is 7.11 Å². The zero-order valence-electron chi connectivity index (χ0n) is 15.4. The van der Waals surface area contributed by atoms with Crippen molar-refractivity contribution in [3.05, 3.63) is 60.2 Å². The fraction of sp³-hybridized carbons (Fsp3) is 0.381.